The Bertz CT molecular complexity index is 787. The van der Waals surface area contributed by atoms with Crippen molar-refractivity contribution in [2.24, 2.45) is 0 Å². The third-order valence-electron chi connectivity index (χ3n) is 4.14. The number of halogens is 1. The second kappa shape index (κ2) is 6.20. The largest absolute Gasteiger partial charge is 0.390 e. The van der Waals surface area contributed by atoms with Crippen molar-refractivity contribution in [3.05, 3.63) is 80.8 Å². The van der Waals surface area contributed by atoms with Crippen LogP contribution in [0.25, 0.3) is 6.08 Å². The van der Waals surface area contributed by atoms with Crippen LogP contribution in [-0.2, 0) is 6.42 Å². The standard InChI is InChI=1S/C18H17FN2O2/c1-12-7-17(21(22)23)10-14-5-6-20-11-15(18(12)14)8-13-3-2-4-16(19)9-13/h2-7,9-10,15,20H,8,11H2,1H3. The first-order chi connectivity index (χ1) is 11.0. The highest BCUT2D eigenvalue weighted by Crippen LogP contribution is 2.32. The molecule has 1 aliphatic rings. The Morgan fingerprint density at radius 3 is 2.91 bits per heavy atom. The molecule has 0 saturated heterocycles. The first-order valence-corrected chi connectivity index (χ1v) is 7.48. The minimum Gasteiger partial charge on any atom is -0.390 e. The predicted molar refractivity (Wildman–Crippen MR) is 87.7 cm³/mol. The summed E-state index contributed by atoms with van der Waals surface area (Å²) in [6, 6.07) is 9.79. The zero-order valence-electron chi connectivity index (χ0n) is 12.8. The second-order valence-corrected chi connectivity index (χ2v) is 5.80. The van der Waals surface area contributed by atoms with Gasteiger partial charge in [-0.3, -0.25) is 10.1 Å². The monoisotopic (exact) mass is 312 g/mol. The summed E-state index contributed by atoms with van der Waals surface area (Å²) in [6.45, 7) is 2.60. The number of nitrogens with one attached hydrogen (secondary N) is 1. The Balaban J connectivity index is 2.01. The summed E-state index contributed by atoms with van der Waals surface area (Å²) in [5.41, 5.74) is 3.84. The van der Waals surface area contributed by atoms with Crippen LogP contribution in [0.2, 0.25) is 0 Å². The van der Waals surface area contributed by atoms with E-state index < -0.39 is 0 Å². The van der Waals surface area contributed by atoms with Gasteiger partial charge in [-0.15, -0.1) is 0 Å². The molecule has 1 aliphatic heterocycles. The molecule has 0 radical (unpaired) electrons. The lowest BCUT2D eigenvalue weighted by Gasteiger charge is -2.20. The predicted octanol–water partition coefficient (Wildman–Crippen LogP) is 3.94. The van der Waals surface area contributed by atoms with Crippen molar-refractivity contribution in [3.8, 4) is 0 Å². The smallest absolute Gasteiger partial charge is 0.270 e. The van der Waals surface area contributed by atoms with E-state index in [2.05, 4.69) is 5.32 Å². The Kier molecular flexibility index (Phi) is 4.10. The molecular formula is C18H17FN2O2. The van der Waals surface area contributed by atoms with E-state index in [9.17, 15) is 14.5 Å². The number of hydrogen-bond donors (Lipinski definition) is 1. The van der Waals surface area contributed by atoms with Gasteiger partial charge in [-0.05, 0) is 60.0 Å². The van der Waals surface area contributed by atoms with E-state index in [4.69, 9.17) is 0 Å². The lowest BCUT2D eigenvalue weighted by molar-refractivity contribution is -0.384. The van der Waals surface area contributed by atoms with E-state index in [-0.39, 0.29) is 22.3 Å². The fourth-order valence-electron chi connectivity index (χ4n) is 3.19. The SMILES string of the molecule is Cc1cc([N+](=O)[O-])cc2c1C(Cc1cccc(F)c1)CNC=C2. The quantitative estimate of drug-likeness (QED) is 0.690. The highest BCUT2D eigenvalue weighted by molar-refractivity contribution is 5.62. The van der Waals surface area contributed by atoms with Gasteiger partial charge in [0.2, 0.25) is 0 Å². The molecule has 0 amide bonds. The van der Waals surface area contributed by atoms with E-state index in [1.165, 1.54) is 6.07 Å². The molecule has 0 saturated carbocycles. The summed E-state index contributed by atoms with van der Waals surface area (Å²) in [5, 5.41) is 14.3. The van der Waals surface area contributed by atoms with Gasteiger partial charge in [0.05, 0.1) is 4.92 Å². The molecule has 1 atom stereocenters. The summed E-state index contributed by atoms with van der Waals surface area (Å²) < 4.78 is 13.4. The van der Waals surface area contributed by atoms with Gasteiger partial charge in [0.1, 0.15) is 5.82 Å². The molecular weight excluding hydrogens is 295 g/mol. The zero-order valence-corrected chi connectivity index (χ0v) is 12.8. The first-order valence-electron chi connectivity index (χ1n) is 7.48. The Hall–Kier alpha value is -2.69. The van der Waals surface area contributed by atoms with Crippen LogP contribution >= 0.6 is 0 Å². The van der Waals surface area contributed by atoms with Gasteiger partial charge in [-0.2, -0.15) is 0 Å². The van der Waals surface area contributed by atoms with E-state index in [0.29, 0.717) is 13.0 Å². The minimum absolute atomic E-state index is 0.0947. The van der Waals surface area contributed by atoms with Crippen LogP contribution in [-0.4, -0.2) is 11.5 Å². The molecule has 2 aromatic rings. The minimum atomic E-state index is -0.374. The van der Waals surface area contributed by atoms with Crippen molar-refractivity contribution < 1.29 is 9.31 Å². The fraction of sp³-hybridized carbons (Fsp3) is 0.222. The average Bonchev–Trinajstić information content (AvgIpc) is 2.70. The number of non-ortho nitro benzene ring substituents is 1. The molecule has 1 unspecified atom stereocenters. The van der Waals surface area contributed by atoms with Crippen LogP contribution in [0.1, 0.15) is 28.2 Å². The van der Waals surface area contributed by atoms with Gasteiger partial charge in [0.25, 0.3) is 5.69 Å². The summed E-state index contributed by atoms with van der Waals surface area (Å²) in [7, 11) is 0. The van der Waals surface area contributed by atoms with Crippen LogP contribution in [0.4, 0.5) is 10.1 Å². The molecule has 4 nitrogen and oxygen atoms in total. The molecule has 1 heterocycles. The van der Waals surface area contributed by atoms with E-state index in [1.54, 1.807) is 24.3 Å². The lowest BCUT2D eigenvalue weighted by atomic mass is 9.86. The highest BCUT2D eigenvalue weighted by atomic mass is 19.1. The van der Waals surface area contributed by atoms with Gasteiger partial charge in [-0.25, -0.2) is 4.39 Å². The molecule has 0 bridgehead atoms. The maximum absolute atomic E-state index is 13.4. The number of rotatable bonds is 3. The topological polar surface area (TPSA) is 55.2 Å². The number of hydrogen-bond acceptors (Lipinski definition) is 3. The molecule has 23 heavy (non-hydrogen) atoms. The molecule has 2 aromatic carbocycles. The highest BCUT2D eigenvalue weighted by Gasteiger charge is 2.22. The number of fused-ring (bicyclic) bond motifs is 1. The molecule has 0 aliphatic carbocycles. The molecule has 3 rings (SSSR count). The zero-order chi connectivity index (χ0) is 16.4. The molecule has 5 heteroatoms. The van der Waals surface area contributed by atoms with Crippen LogP contribution in [0.3, 0.4) is 0 Å². The van der Waals surface area contributed by atoms with Gasteiger partial charge in [0.15, 0.2) is 0 Å². The summed E-state index contributed by atoms with van der Waals surface area (Å²) in [4.78, 5) is 10.7. The van der Waals surface area contributed by atoms with Crippen molar-refractivity contribution in [2.75, 3.05) is 6.54 Å². The maximum atomic E-state index is 13.4. The van der Waals surface area contributed by atoms with Gasteiger partial charge < -0.3 is 5.32 Å². The fourth-order valence-corrected chi connectivity index (χ4v) is 3.19. The normalized spacial score (nSPS) is 16.3. The van der Waals surface area contributed by atoms with Crippen molar-refractivity contribution in [1.82, 2.24) is 5.32 Å². The first kappa shape index (κ1) is 15.2. The van der Waals surface area contributed by atoms with Crippen LogP contribution in [0.5, 0.6) is 0 Å². The van der Waals surface area contributed by atoms with Crippen molar-refractivity contribution >= 4 is 11.8 Å². The number of aryl methyl sites for hydroxylation is 1. The summed E-state index contributed by atoms with van der Waals surface area (Å²) in [5.74, 6) is -0.120. The number of nitro groups is 1. The summed E-state index contributed by atoms with van der Waals surface area (Å²) >= 11 is 0. The van der Waals surface area contributed by atoms with Crippen molar-refractivity contribution in [2.45, 2.75) is 19.3 Å². The molecule has 118 valence electrons. The third-order valence-corrected chi connectivity index (χ3v) is 4.14. The van der Waals surface area contributed by atoms with E-state index in [1.807, 2.05) is 25.3 Å². The average molecular weight is 312 g/mol. The van der Waals surface area contributed by atoms with Crippen molar-refractivity contribution in [3.63, 3.8) is 0 Å². The lowest BCUT2D eigenvalue weighted by Crippen LogP contribution is -2.18. The number of nitro benzene ring substituents is 1. The van der Waals surface area contributed by atoms with Gasteiger partial charge in [-0.1, -0.05) is 12.1 Å². The number of benzene rings is 2. The van der Waals surface area contributed by atoms with Gasteiger partial charge in [0, 0.05) is 24.6 Å². The Labute approximate surface area is 133 Å². The Morgan fingerprint density at radius 1 is 1.35 bits per heavy atom. The molecule has 1 N–H and O–H groups in total. The van der Waals surface area contributed by atoms with Gasteiger partial charge >= 0.3 is 0 Å². The third kappa shape index (κ3) is 3.23. The number of nitrogens with zero attached hydrogens (tertiary/aromatic N) is 1. The maximum Gasteiger partial charge on any atom is 0.270 e. The molecule has 0 fully saturated rings. The molecule has 0 spiro atoms. The summed E-state index contributed by atoms with van der Waals surface area (Å²) in [6.07, 6.45) is 4.35. The van der Waals surface area contributed by atoms with Crippen LogP contribution in [0.15, 0.2) is 42.6 Å². The second-order valence-electron chi connectivity index (χ2n) is 5.80. The van der Waals surface area contributed by atoms with Crippen LogP contribution in [0, 0.1) is 22.9 Å². The Morgan fingerprint density at radius 2 is 2.17 bits per heavy atom. The van der Waals surface area contributed by atoms with Crippen LogP contribution < -0.4 is 5.32 Å². The molecule has 0 aromatic heterocycles. The van der Waals surface area contributed by atoms with E-state index in [0.717, 1.165) is 22.3 Å². The van der Waals surface area contributed by atoms with Crippen molar-refractivity contribution in [1.29, 1.82) is 0 Å². The van der Waals surface area contributed by atoms with E-state index >= 15 is 0 Å².